The Labute approximate surface area is 155 Å². The molecule has 0 unspecified atom stereocenters. The first kappa shape index (κ1) is 18.9. The number of piperidine rings is 1. The fourth-order valence-electron chi connectivity index (χ4n) is 4.14. The lowest BCUT2D eigenvalue weighted by atomic mass is 9.87. The monoisotopic (exact) mass is 360 g/mol. The topological polar surface area (TPSA) is 49.4 Å². The van der Waals surface area contributed by atoms with Crippen LogP contribution >= 0.6 is 0 Å². The summed E-state index contributed by atoms with van der Waals surface area (Å²) < 4.78 is 13.6. The molecule has 1 heterocycles. The zero-order chi connectivity index (χ0) is 18.4. The summed E-state index contributed by atoms with van der Waals surface area (Å²) >= 11 is 0. The van der Waals surface area contributed by atoms with Crippen molar-refractivity contribution in [3.05, 3.63) is 35.6 Å². The van der Waals surface area contributed by atoms with Gasteiger partial charge in [0.15, 0.2) is 0 Å². The van der Waals surface area contributed by atoms with Crippen LogP contribution in [0.15, 0.2) is 24.3 Å². The van der Waals surface area contributed by atoms with Crippen molar-refractivity contribution >= 4 is 11.8 Å². The van der Waals surface area contributed by atoms with E-state index in [1.54, 1.807) is 18.2 Å². The molecule has 0 spiro atoms. The van der Waals surface area contributed by atoms with Gasteiger partial charge in [-0.2, -0.15) is 0 Å². The number of hydrogen-bond acceptors (Lipinski definition) is 2. The van der Waals surface area contributed by atoms with Gasteiger partial charge in [0.25, 0.3) is 0 Å². The molecule has 1 aliphatic heterocycles. The number of carbonyl (C=O) groups is 2. The van der Waals surface area contributed by atoms with Crippen LogP contribution in [0.2, 0.25) is 0 Å². The van der Waals surface area contributed by atoms with Gasteiger partial charge in [0.2, 0.25) is 11.8 Å². The molecular formula is C21H29FN2O2. The van der Waals surface area contributed by atoms with Crippen LogP contribution in [0.4, 0.5) is 4.39 Å². The van der Waals surface area contributed by atoms with Crippen molar-refractivity contribution < 1.29 is 14.0 Å². The smallest absolute Gasteiger partial charge is 0.225 e. The van der Waals surface area contributed by atoms with E-state index >= 15 is 0 Å². The molecule has 0 bridgehead atoms. The maximum absolute atomic E-state index is 13.6. The fourth-order valence-corrected chi connectivity index (χ4v) is 4.14. The quantitative estimate of drug-likeness (QED) is 0.871. The second-order valence-electron chi connectivity index (χ2n) is 7.68. The zero-order valence-corrected chi connectivity index (χ0v) is 15.4. The van der Waals surface area contributed by atoms with Gasteiger partial charge in [-0.05, 0) is 37.7 Å². The average molecular weight is 360 g/mol. The number of likely N-dealkylation sites (tertiary alicyclic amines) is 1. The van der Waals surface area contributed by atoms with E-state index in [0.717, 1.165) is 38.8 Å². The van der Waals surface area contributed by atoms with Crippen LogP contribution in [0.25, 0.3) is 0 Å². The van der Waals surface area contributed by atoms with Gasteiger partial charge in [0, 0.05) is 37.5 Å². The maximum Gasteiger partial charge on any atom is 0.225 e. The number of amides is 2. The van der Waals surface area contributed by atoms with Crippen molar-refractivity contribution in [3.8, 4) is 0 Å². The van der Waals surface area contributed by atoms with Crippen molar-refractivity contribution in [2.24, 2.45) is 11.8 Å². The Balaban J connectivity index is 1.38. The molecule has 0 aromatic heterocycles. The van der Waals surface area contributed by atoms with E-state index in [1.165, 1.54) is 25.3 Å². The lowest BCUT2D eigenvalue weighted by molar-refractivity contribution is -0.138. The molecule has 5 heteroatoms. The number of nitrogens with zero attached hydrogens (tertiary/aromatic N) is 1. The summed E-state index contributed by atoms with van der Waals surface area (Å²) in [5, 5.41) is 2.81. The number of hydrogen-bond donors (Lipinski definition) is 1. The van der Waals surface area contributed by atoms with Crippen molar-refractivity contribution in [1.82, 2.24) is 10.2 Å². The highest BCUT2D eigenvalue weighted by Gasteiger charge is 2.29. The van der Waals surface area contributed by atoms with Crippen molar-refractivity contribution in [2.45, 2.75) is 57.9 Å². The van der Waals surface area contributed by atoms with Crippen molar-refractivity contribution in [2.75, 3.05) is 13.1 Å². The normalized spacial score (nSPS) is 19.3. The fraction of sp³-hybridized carbons (Fsp3) is 0.619. The highest BCUT2D eigenvalue weighted by Crippen LogP contribution is 2.28. The second kappa shape index (κ2) is 9.15. The van der Waals surface area contributed by atoms with Gasteiger partial charge in [0.1, 0.15) is 5.82 Å². The van der Waals surface area contributed by atoms with E-state index in [0.29, 0.717) is 23.8 Å². The minimum atomic E-state index is -0.290. The first-order valence-electron chi connectivity index (χ1n) is 9.92. The first-order chi connectivity index (χ1) is 12.6. The molecule has 2 amide bonds. The highest BCUT2D eigenvalue weighted by atomic mass is 19.1. The molecular weight excluding hydrogens is 331 g/mol. The number of carbonyl (C=O) groups excluding carboxylic acids is 2. The van der Waals surface area contributed by atoms with E-state index in [1.807, 2.05) is 4.90 Å². The largest absolute Gasteiger partial charge is 0.352 e. The van der Waals surface area contributed by atoms with Crippen LogP contribution < -0.4 is 5.32 Å². The molecule has 0 atom stereocenters. The molecule has 1 aromatic rings. The number of nitrogens with one attached hydrogen (secondary N) is 1. The second-order valence-corrected chi connectivity index (χ2v) is 7.68. The average Bonchev–Trinajstić information content (AvgIpc) is 2.68. The summed E-state index contributed by atoms with van der Waals surface area (Å²) in [7, 11) is 0. The Morgan fingerprint density at radius 3 is 2.42 bits per heavy atom. The van der Waals surface area contributed by atoms with Crippen LogP contribution in [0.1, 0.15) is 56.9 Å². The van der Waals surface area contributed by atoms with E-state index < -0.39 is 0 Å². The molecule has 26 heavy (non-hydrogen) atoms. The predicted octanol–water partition coefficient (Wildman–Crippen LogP) is 3.65. The molecule has 1 aromatic carbocycles. The predicted molar refractivity (Wildman–Crippen MR) is 98.7 cm³/mol. The van der Waals surface area contributed by atoms with Crippen LogP contribution in [0.5, 0.6) is 0 Å². The van der Waals surface area contributed by atoms with Gasteiger partial charge >= 0.3 is 0 Å². The van der Waals surface area contributed by atoms with Gasteiger partial charge in [-0.3, -0.25) is 9.59 Å². The maximum atomic E-state index is 13.6. The van der Waals surface area contributed by atoms with Crippen LogP contribution in [-0.2, 0) is 16.1 Å². The molecule has 1 aliphatic carbocycles. The summed E-state index contributed by atoms with van der Waals surface area (Å²) in [5.41, 5.74) is 0.508. The first-order valence-corrected chi connectivity index (χ1v) is 9.92. The Bertz CT molecular complexity index is 620. The van der Waals surface area contributed by atoms with Gasteiger partial charge < -0.3 is 10.2 Å². The molecule has 1 N–H and O–H groups in total. The molecule has 1 saturated carbocycles. The number of benzene rings is 1. The molecule has 3 rings (SSSR count). The summed E-state index contributed by atoms with van der Waals surface area (Å²) in [4.78, 5) is 26.7. The third-order valence-electron chi connectivity index (χ3n) is 5.79. The highest BCUT2D eigenvalue weighted by molar-refractivity contribution is 5.79. The van der Waals surface area contributed by atoms with Crippen LogP contribution in [0.3, 0.4) is 0 Å². The lowest BCUT2D eigenvalue weighted by Crippen LogP contribution is -2.43. The number of rotatable bonds is 5. The molecule has 2 aliphatic rings. The summed E-state index contributed by atoms with van der Waals surface area (Å²) in [6.45, 7) is 1.76. The summed E-state index contributed by atoms with van der Waals surface area (Å²) in [5.74, 6) is 0.537. The van der Waals surface area contributed by atoms with Gasteiger partial charge in [-0.25, -0.2) is 4.39 Å². The van der Waals surface area contributed by atoms with Gasteiger partial charge in [0.05, 0.1) is 0 Å². The van der Waals surface area contributed by atoms with E-state index in [9.17, 15) is 14.0 Å². The van der Waals surface area contributed by atoms with Crippen molar-refractivity contribution in [1.29, 1.82) is 0 Å². The lowest BCUT2D eigenvalue weighted by Gasteiger charge is -2.35. The van der Waals surface area contributed by atoms with Crippen LogP contribution in [-0.4, -0.2) is 29.8 Å². The molecule has 4 nitrogen and oxygen atoms in total. The minimum Gasteiger partial charge on any atom is -0.352 e. The Morgan fingerprint density at radius 2 is 1.73 bits per heavy atom. The van der Waals surface area contributed by atoms with Crippen LogP contribution in [0, 0.1) is 17.7 Å². The summed E-state index contributed by atoms with van der Waals surface area (Å²) in [6, 6.07) is 6.50. The van der Waals surface area contributed by atoms with E-state index in [2.05, 4.69) is 5.32 Å². The van der Waals surface area contributed by atoms with Gasteiger partial charge in [-0.1, -0.05) is 37.5 Å². The molecule has 2 fully saturated rings. The SMILES string of the molecule is O=C(CC1CCN(C(=O)C2CCCCC2)CC1)NCc1ccccc1F. The third-order valence-corrected chi connectivity index (χ3v) is 5.79. The standard InChI is InChI=1S/C21H29FN2O2/c22-19-9-5-4-8-18(19)15-23-20(25)14-16-10-12-24(13-11-16)21(26)17-6-2-1-3-7-17/h4-5,8-9,16-17H,1-3,6-7,10-15H2,(H,23,25). The van der Waals surface area contributed by atoms with Gasteiger partial charge in [-0.15, -0.1) is 0 Å². The molecule has 1 saturated heterocycles. The Kier molecular flexibility index (Phi) is 6.64. The molecule has 0 radical (unpaired) electrons. The Hall–Kier alpha value is -1.91. The Morgan fingerprint density at radius 1 is 1.04 bits per heavy atom. The van der Waals surface area contributed by atoms with Crippen molar-refractivity contribution in [3.63, 3.8) is 0 Å². The van der Waals surface area contributed by atoms with E-state index in [4.69, 9.17) is 0 Å². The third kappa shape index (κ3) is 5.05. The summed E-state index contributed by atoms with van der Waals surface area (Å²) in [6.07, 6.45) is 7.91. The number of halogens is 1. The molecule has 142 valence electrons. The minimum absolute atomic E-state index is 0.0367. The van der Waals surface area contributed by atoms with E-state index in [-0.39, 0.29) is 24.2 Å². The zero-order valence-electron chi connectivity index (χ0n) is 15.4.